The van der Waals surface area contributed by atoms with Gasteiger partial charge in [0.1, 0.15) is 5.76 Å². The molecule has 30 heavy (non-hydrogen) atoms. The van der Waals surface area contributed by atoms with Gasteiger partial charge in [-0.1, -0.05) is 90.5 Å². The molecule has 0 bridgehead atoms. The first-order valence-corrected chi connectivity index (χ1v) is 10.0. The third-order valence-electron chi connectivity index (χ3n) is 5.46. The molecular weight excluding hydrogens is 374 g/mol. The van der Waals surface area contributed by atoms with Crippen molar-refractivity contribution in [2.75, 3.05) is 6.54 Å². The van der Waals surface area contributed by atoms with E-state index in [-0.39, 0.29) is 11.3 Å². The summed E-state index contributed by atoms with van der Waals surface area (Å²) in [5.74, 6) is -1.35. The lowest BCUT2D eigenvalue weighted by atomic mass is 9.95. The van der Waals surface area contributed by atoms with E-state index < -0.39 is 17.7 Å². The van der Waals surface area contributed by atoms with Gasteiger partial charge in [0.2, 0.25) is 0 Å². The first-order valence-electron chi connectivity index (χ1n) is 10.0. The van der Waals surface area contributed by atoms with Crippen LogP contribution < -0.4 is 0 Å². The van der Waals surface area contributed by atoms with E-state index in [1.54, 1.807) is 17.0 Å². The van der Waals surface area contributed by atoms with Gasteiger partial charge < -0.3 is 10.0 Å². The first-order chi connectivity index (χ1) is 14.6. The van der Waals surface area contributed by atoms with Gasteiger partial charge in [-0.25, -0.2) is 0 Å². The Morgan fingerprint density at radius 3 is 2.10 bits per heavy atom. The second-order valence-electron chi connectivity index (χ2n) is 7.50. The number of nitrogens with zero attached hydrogens (tertiary/aromatic N) is 1. The monoisotopic (exact) mass is 397 g/mol. The highest BCUT2D eigenvalue weighted by Gasteiger charge is 2.45. The van der Waals surface area contributed by atoms with Gasteiger partial charge in [0.15, 0.2) is 0 Å². The molecule has 1 fully saturated rings. The Morgan fingerprint density at radius 2 is 1.47 bits per heavy atom. The van der Waals surface area contributed by atoms with Crippen LogP contribution in [0.15, 0.2) is 90.5 Å². The van der Waals surface area contributed by atoms with Gasteiger partial charge in [0.25, 0.3) is 11.7 Å². The maximum absolute atomic E-state index is 13.0. The van der Waals surface area contributed by atoms with Crippen LogP contribution >= 0.6 is 0 Å². The van der Waals surface area contributed by atoms with Crippen LogP contribution in [0.1, 0.15) is 28.3 Å². The zero-order valence-corrected chi connectivity index (χ0v) is 16.8. The number of hydrogen-bond acceptors (Lipinski definition) is 3. The molecule has 1 saturated heterocycles. The van der Waals surface area contributed by atoms with Crippen molar-refractivity contribution in [2.24, 2.45) is 0 Å². The van der Waals surface area contributed by atoms with Gasteiger partial charge in [-0.05, 0) is 24.5 Å². The number of rotatable bonds is 5. The molecule has 3 aromatic carbocycles. The Kier molecular flexibility index (Phi) is 5.48. The van der Waals surface area contributed by atoms with Crippen LogP contribution in [-0.2, 0) is 16.0 Å². The minimum atomic E-state index is -0.644. The fourth-order valence-electron chi connectivity index (χ4n) is 3.85. The van der Waals surface area contributed by atoms with Gasteiger partial charge in [-0.15, -0.1) is 0 Å². The third kappa shape index (κ3) is 3.77. The molecule has 0 aliphatic carbocycles. The quantitative estimate of drug-likeness (QED) is 0.387. The average Bonchev–Trinajstić information content (AvgIpc) is 3.04. The van der Waals surface area contributed by atoms with E-state index in [4.69, 9.17) is 0 Å². The molecule has 0 saturated carbocycles. The van der Waals surface area contributed by atoms with Crippen molar-refractivity contribution in [3.63, 3.8) is 0 Å². The molecule has 1 heterocycles. The van der Waals surface area contributed by atoms with Gasteiger partial charge >= 0.3 is 0 Å². The summed E-state index contributed by atoms with van der Waals surface area (Å²) >= 11 is 0. The van der Waals surface area contributed by atoms with E-state index in [2.05, 4.69) is 0 Å². The zero-order chi connectivity index (χ0) is 21.1. The number of benzene rings is 3. The molecule has 1 N–H and O–H groups in total. The molecular formula is C26H23NO3. The molecule has 4 heteroatoms. The van der Waals surface area contributed by atoms with Crippen LogP contribution in [-0.4, -0.2) is 28.2 Å². The fourth-order valence-corrected chi connectivity index (χ4v) is 3.85. The summed E-state index contributed by atoms with van der Waals surface area (Å²) in [4.78, 5) is 27.5. The number of carbonyl (C=O) groups is 2. The summed E-state index contributed by atoms with van der Waals surface area (Å²) in [7, 11) is 0. The van der Waals surface area contributed by atoms with E-state index in [0.29, 0.717) is 18.5 Å². The van der Waals surface area contributed by atoms with Crippen molar-refractivity contribution in [1.82, 2.24) is 4.90 Å². The van der Waals surface area contributed by atoms with Gasteiger partial charge in [0, 0.05) is 12.1 Å². The van der Waals surface area contributed by atoms with Gasteiger partial charge in [-0.3, -0.25) is 9.59 Å². The molecule has 4 nitrogen and oxygen atoms in total. The number of carbonyl (C=O) groups excluding carboxylic acids is 2. The summed E-state index contributed by atoms with van der Waals surface area (Å²) in [5.41, 5.74) is 3.61. The lowest BCUT2D eigenvalue weighted by Gasteiger charge is -2.25. The van der Waals surface area contributed by atoms with Crippen LogP contribution in [0.25, 0.3) is 5.76 Å². The van der Waals surface area contributed by atoms with Crippen molar-refractivity contribution < 1.29 is 14.7 Å². The Labute approximate surface area is 176 Å². The minimum Gasteiger partial charge on any atom is -0.507 e. The molecule has 1 aliphatic rings. The highest BCUT2D eigenvalue weighted by Crippen LogP contribution is 2.39. The summed E-state index contributed by atoms with van der Waals surface area (Å²) < 4.78 is 0. The lowest BCUT2D eigenvalue weighted by molar-refractivity contribution is -0.139. The van der Waals surface area contributed by atoms with E-state index >= 15 is 0 Å². The number of Topliss-reactive ketones (excluding diaryl/α,β-unsaturated/α-hetero) is 1. The normalized spacial score (nSPS) is 18.0. The van der Waals surface area contributed by atoms with Crippen LogP contribution in [0, 0.1) is 6.92 Å². The highest BCUT2D eigenvalue weighted by atomic mass is 16.3. The van der Waals surface area contributed by atoms with Crippen molar-refractivity contribution in [1.29, 1.82) is 0 Å². The van der Waals surface area contributed by atoms with Gasteiger partial charge in [-0.2, -0.15) is 0 Å². The highest BCUT2D eigenvalue weighted by molar-refractivity contribution is 6.46. The van der Waals surface area contributed by atoms with E-state index in [0.717, 1.165) is 16.7 Å². The molecule has 1 atom stereocenters. The Hall–Kier alpha value is -3.66. The van der Waals surface area contributed by atoms with E-state index in [1.807, 2.05) is 79.7 Å². The SMILES string of the molecule is Cc1ccc(C(O)=C2C(=O)C(=O)N(CCc3ccccc3)[C@@H]2c2ccccc2)cc1. The number of aryl methyl sites for hydroxylation is 1. The molecule has 0 aromatic heterocycles. The minimum absolute atomic E-state index is 0.135. The van der Waals surface area contributed by atoms with Crippen LogP contribution in [0.3, 0.4) is 0 Å². The largest absolute Gasteiger partial charge is 0.507 e. The summed E-state index contributed by atoms with van der Waals surface area (Å²) in [6.45, 7) is 2.34. The van der Waals surface area contributed by atoms with E-state index in [1.165, 1.54) is 0 Å². The second kappa shape index (κ2) is 8.37. The van der Waals surface area contributed by atoms with Crippen LogP contribution in [0.5, 0.6) is 0 Å². The molecule has 3 aromatic rings. The molecule has 1 aliphatic heterocycles. The Balaban J connectivity index is 1.76. The first kappa shape index (κ1) is 19.6. The number of aliphatic hydroxyl groups excluding tert-OH is 1. The summed E-state index contributed by atoms with van der Waals surface area (Å²) in [5, 5.41) is 11.0. The van der Waals surface area contributed by atoms with E-state index in [9.17, 15) is 14.7 Å². The molecule has 0 radical (unpaired) electrons. The standard InChI is InChI=1S/C26H23NO3/c1-18-12-14-21(15-13-18)24(28)22-23(20-10-6-3-7-11-20)27(26(30)25(22)29)17-16-19-8-4-2-5-9-19/h2-15,23,28H,16-17H2,1H3/t23-/m1/s1. The smallest absolute Gasteiger partial charge is 0.295 e. The molecule has 4 rings (SSSR count). The van der Waals surface area contributed by atoms with Crippen molar-refractivity contribution >= 4 is 17.4 Å². The number of ketones is 1. The molecule has 1 amide bonds. The Morgan fingerprint density at radius 1 is 0.867 bits per heavy atom. The Bertz CT molecular complexity index is 1090. The number of likely N-dealkylation sites (tertiary alicyclic amines) is 1. The molecule has 150 valence electrons. The van der Waals surface area contributed by atoms with Crippen molar-refractivity contribution in [3.8, 4) is 0 Å². The molecule has 0 unspecified atom stereocenters. The third-order valence-corrected chi connectivity index (χ3v) is 5.46. The number of hydrogen-bond donors (Lipinski definition) is 1. The maximum atomic E-state index is 13.0. The number of amides is 1. The average molecular weight is 397 g/mol. The zero-order valence-electron chi connectivity index (χ0n) is 16.8. The fraction of sp³-hybridized carbons (Fsp3) is 0.154. The van der Waals surface area contributed by atoms with Crippen molar-refractivity contribution in [2.45, 2.75) is 19.4 Å². The maximum Gasteiger partial charge on any atom is 0.295 e. The van der Waals surface area contributed by atoms with Crippen LogP contribution in [0.4, 0.5) is 0 Å². The van der Waals surface area contributed by atoms with Gasteiger partial charge in [0.05, 0.1) is 11.6 Å². The molecule has 0 spiro atoms. The summed E-state index contributed by atoms with van der Waals surface area (Å²) in [6, 6.07) is 25.9. The van der Waals surface area contributed by atoms with Crippen LogP contribution in [0.2, 0.25) is 0 Å². The summed E-state index contributed by atoms with van der Waals surface area (Å²) in [6.07, 6.45) is 0.627. The topological polar surface area (TPSA) is 57.6 Å². The number of aliphatic hydroxyl groups is 1. The lowest BCUT2D eigenvalue weighted by Crippen LogP contribution is -2.31. The van der Waals surface area contributed by atoms with Crippen molar-refractivity contribution in [3.05, 3.63) is 113 Å². The second-order valence-corrected chi connectivity index (χ2v) is 7.50. The predicted molar refractivity (Wildman–Crippen MR) is 117 cm³/mol. The predicted octanol–water partition coefficient (Wildman–Crippen LogP) is 4.66.